The van der Waals surface area contributed by atoms with Crippen LogP contribution in [0.3, 0.4) is 0 Å². The monoisotopic (exact) mass is 475 g/mol. The van der Waals surface area contributed by atoms with Crippen molar-refractivity contribution in [1.29, 1.82) is 0 Å². The molecule has 3 heterocycles. The number of aromatic nitrogens is 1. The van der Waals surface area contributed by atoms with Crippen molar-refractivity contribution in [3.05, 3.63) is 24.0 Å². The lowest BCUT2D eigenvalue weighted by molar-refractivity contribution is -0.132. The number of anilines is 1. The first-order chi connectivity index (χ1) is 16.1. The van der Waals surface area contributed by atoms with Crippen LogP contribution in [0.25, 0.3) is 0 Å². The highest BCUT2D eigenvalue weighted by atomic mass is 16.6. The molecule has 0 radical (unpaired) electrons. The maximum atomic E-state index is 12.7. The number of nitrogens with zero attached hydrogens (tertiary/aromatic N) is 4. The molecule has 0 spiro atoms. The Kier molecular flexibility index (Phi) is 8.71. The number of piperidine rings is 1. The van der Waals surface area contributed by atoms with Gasteiger partial charge in [0.1, 0.15) is 11.3 Å². The lowest BCUT2D eigenvalue weighted by atomic mass is 10.0. The molecule has 10 nitrogen and oxygen atoms in total. The van der Waals surface area contributed by atoms with Gasteiger partial charge in [0.15, 0.2) is 0 Å². The van der Waals surface area contributed by atoms with E-state index < -0.39 is 17.7 Å². The summed E-state index contributed by atoms with van der Waals surface area (Å²) in [5, 5.41) is 2.91. The molecule has 2 amide bonds. The quantitative estimate of drug-likeness (QED) is 0.622. The van der Waals surface area contributed by atoms with E-state index in [1.807, 2.05) is 31.7 Å². The molecule has 2 saturated heterocycles. The highest BCUT2D eigenvalue weighted by Crippen LogP contribution is 2.17. The zero-order valence-corrected chi connectivity index (χ0v) is 20.7. The molecule has 0 aliphatic carbocycles. The zero-order chi connectivity index (χ0) is 24.7. The van der Waals surface area contributed by atoms with Gasteiger partial charge in [-0.25, -0.2) is 14.6 Å². The van der Waals surface area contributed by atoms with Crippen molar-refractivity contribution >= 4 is 23.7 Å². The van der Waals surface area contributed by atoms with Crippen molar-refractivity contribution < 1.29 is 23.9 Å². The third-order valence-electron chi connectivity index (χ3n) is 6.09. The third kappa shape index (κ3) is 7.58. The topological polar surface area (TPSA) is 104 Å². The molecule has 34 heavy (non-hydrogen) atoms. The van der Waals surface area contributed by atoms with Gasteiger partial charge in [-0.15, -0.1) is 0 Å². The van der Waals surface area contributed by atoms with Crippen molar-refractivity contribution in [2.45, 2.75) is 51.7 Å². The second-order valence-corrected chi connectivity index (χ2v) is 9.77. The molecule has 0 aromatic carbocycles. The van der Waals surface area contributed by atoms with Crippen LogP contribution in [-0.4, -0.2) is 97.3 Å². The number of pyridine rings is 1. The summed E-state index contributed by atoms with van der Waals surface area (Å²) in [6.07, 6.45) is 3.29. The van der Waals surface area contributed by atoms with Gasteiger partial charge in [-0.1, -0.05) is 0 Å². The van der Waals surface area contributed by atoms with Crippen molar-refractivity contribution in [3.63, 3.8) is 0 Å². The molecule has 1 aromatic rings. The fourth-order valence-electron chi connectivity index (χ4n) is 4.19. The van der Waals surface area contributed by atoms with Crippen molar-refractivity contribution in [1.82, 2.24) is 20.1 Å². The van der Waals surface area contributed by atoms with Crippen LogP contribution < -0.4 is 10.2 Å². The highest BCUT2D eigenvalue weighted by molar-refractivity contribution is 5.87. The lowest BCUT2D eigenvalue weighted by Gasteiger charge is -2.36. The molecular weight excluding hydrogens is 438 g/mol. The van der Waals surface area contributed by atoms with E-state index in [1.165, 1.54) is 7.11 Å². The summed E-state index contributed by atoms with van der Waals surface area (Å²) >= 11 is 0. The summed E-state index contributed by atoms with van der Waals surface area (Å²) in [4.78, 5) is 46.8. The van der Waals surface area contributed by atoms with E-state index in [2.05, 4.69) is 24.8 Å². The summed E-state index contributed by atoms with van der Waals surface area (Å²) in [6, 6.07) is 3.61. The minimum absolute atomic E-state index is 0.0446. The van der Waals surface area contributed by atoms with E-state index in [0.717, 1.165) is 51.3 Å². The predicted molar refractivity (Wildman–Crippen MR) is 128 cm³/mol. The normalized spacial score (nSPS) is 17.9. The molecule has 188 valence electrons. The predicted octanol–water partition coefficient (Wildman–Crippen LogP) is 1.90. The number of hydrogen-bond acceptors (Lipinski definition) is 8. The minimum Gasteiger partial charge on any atom is -0.464 e. The Morgan fingerprint density at radius 3 is 2.29 bits per heavy atom. The molecule has 3 rings (SSSR count). The Labute approximate surface area is 201 Å². The van der Waals surface area contributed by atoms with Crippen LogP contribution in [0.5, 0.6) is 0 Å². The third-order valence-corrected chi connectivity index (χ3v) is 6.09. The van der Waals surface area contributed by atoms with E-state index >= 15 is 0 Å². The number of methoxy groups -OCH3 is 1. The standard InChI is InChI=1S/C24H37N5O5/c1-24(2,3)34-23(32)26-18-7-11-29(12-8-18)21(30)9-10-27-13-15-28(16-14-27)19-5-6-20(25-17-19)22(31)33-4/h5-6,17-18H,7-16H2,1-4H3,(H,26,32). The minimum atomic E-state index is -0.516. The molecule has 0 unspecified atom stereocenters. The number of rotatable bonds is 6. The number of amides is 2. The number of esters is 1. The molecule has 10 heteroatoms. The molecule has 0 atom stereocenters. The molecule has 2 aliphatic heterocycles. The van der Waals surface area contributed by atoms with Crippen LogP contribution in [-0.2, 0) is 14.3 Å². The van der Waals surface area contributed by atoms with Crippen LogP contribution in [0.1, 0.15) is 50.5 Å². The first-order valence-electron chi connectivity index (χ1n) is 11.9. The number of likely N-dealkylation sites (tertiary alicyclic amines) is 1. The van der Waals surface area contributed by atoms with Crippen LogP contribution >= 0.6 is 0 Å². The molecule has 2 fully saturated rings. The first kappa shape index (κ1) is 25.7. The SMILES string of the molecule is COC(=O)c1ccc(N2CCN(CCC(=O)N3CCC(NC(=O)OC(C)(C)C)CC3)CC2)cn1. The summed E-state index contributed by atoms with van der Waals surface area (Å²) < 4.78 is 10.0. The highest BCUT2D eigenvalue weighted by Gasteiger charge is 2.26. The second-order valence-electron chi connectivity index (χ2n) is 9.77. The average Bonchev–Trinajstić information content (AvgIpc) is 2.81. The van der Waals surface area contributed by atoms with Crippen molar-refractivity contribution in [3.8, 4) is 0 Å². The van der Waals surface area contributed by atoms with Gasteiger partial charge in [0.25, 0.3) is 0 Å². The number of alkyl carbamates (subject to hydrolysis) is 1. The van der Waals surface area contributed by atoms with E-state index in [-0.39, 0.29) is 11.9 Å². The second kappa shape index (κ2) is 11.5. The first-order valence-corrected chi connectivity index (χ1v) is 11.9. The zero-order valence-electron chi connectivity index (χ0n) is 20.7. The molecular formula is C24H37N5O5. The fraction of sp³-hybridized carbons (Fsp3) is 0.667. The van der Waals surface area contributed by atoms with Crippen LogP contribution in [0.4, 0.5) is 10.5 Å². The Morgan fingerprint density at radius 2 is 1.74 bits per heavy atom. The number of hydrogen-bond donors (Lipinski definition) is 1. The smallest absolute Gasteiger partial charge is 0.407 e. The van der Waals surface area contributed by atoms with E-state index in [0.29, 0.717) is 25.2 Å². The summed E-state index contributed by atoms with van der Waals surface area (Å²) in [5.74, 6) is -0.273. The number of piperazine rings is 1. The number of carbonyl (C=O) groups excluding carboxylic acids is 3. The van der Waals surface area contributed by atoms with Crippen molar-refractivity contribution in [2.24, 2.45) is 0 Å². The van der Waals surface area contributed by atoms with Crippen LogP contribution in [0.2, 0.25) is 0 Å². The number of nitrogens with one attached hydrogen (secondary N) is 1. The lowest BCUT2D eigenvalue weighted by Crippen LogP contribution is -2.49. The van der Waals surface area contributed by atoms with Gasteiger partial charge in [-0.3, -0.25) is 9.69 Å². The van der Waals surface area contributed by atoms with Gasteiger partial charge in [0.2, 0.25) is 5.91 Å². The van der Waals surface area contributed by atoms with Crippen LogP contribution in [0, 0.1) is 0 Å². The maximum absolute atomic E-state index is 12.7. The Balaban J connectivity index is 1.34. The van der Waals surface area contributed by atoms with Gasteiger partial charge in [-0.2, -0.15) is 0 Å². The van der Waals surface area contributed by atoms with Gasteiger partial charge < -0.3 is 24.6 Å². The van der Waals surface area contributed by atoms with E-state index in [9.17, 15) is 14.4 Å². The van der Waals surface area contributed by atoms with Crippen molar-refractivity contribution in [2.75, 3.05) is 57.8 Å². The average molecular weight is 476 g/mol. The van der Waals surface area contributed by atoms with E-state index in [4.69, 9.17) is 4.74 Å². The molecule has 1 N–H and O–H groups in total. The Hall–Kier alpha value is -2.88. The van der Waals surface area contributed by atoms with Gasteiger partial charge in [0.05, 0.1) is 19.0 Å². The van der Waals surface area contributed by atoms with E-state index in [1.54, 1.807) is 12.3 Å². The number of carbonyl (C=O) groups is 3. The summed E-state index contributed by atoms with van der Waals surface area (Å²) in [5.41, 5.74) is 0.762. The fourth-order valence-corrected chi connectivity index (χ4v) is 4.19. The molecule has 0 saturated carbocycles. The van der Waals surface area contributed by atoms with Gasteiger partial charge >= 0.3 is 12.1 Å². The molecule has 2 aliphatic rings. The summed E-state index contributed by atoms with van der Waals surface area (Å²) in [6.45, 7) is 11.0. The Bertz CT molecular complexity index is 838. The largest absolute Gasteiger partial charge is 0.464 e. The van der Waals surface area contributed by atoms with Gasteiger partial charge in [0, 0.05) is 58.3 Å². The maximum Gasteiger partial charge on any atom is 0.407 e. The van der Waals surface area contributed by atoms with Crippen LogP contribution in [0.15, 0.2) is 18.3 Å². The van der Waals surface area contributed by atoms with Gasteiger partial charge in [-0.05, 0) is 45.7 Å². The summed E-state index contributed by atoms with van der Waals surface area (Å²) in [7, 11) is 1.34. The molecule has 1 aromatic heterocycles. The number of ether oxygens (including phenoxy) is 2. The molecule has 0 bridgehead atoms. The Morgan fingerprint density at radius 1 is 1.06 bits per heavy atom.